The number of thiazole rings is 1. The number of aryl methyl sites for hydroxylation is 2. The minimum atomic E-state index is -0.357. The molecule has 1 amide bonds. The van der Waals surface area contributed by atoms with Crippen molar-refractivity contribution in [2.75, 3.05) is 7.11 Å². The van der Waals surface area contributed by atoms with Crippen LogP contribution in [0.25, 0.3) is 10.6 Å². The first-order valence-electron chi connectivity index (χ1n) is 8.71. The summed E-state index contributed by atoms with van der Waals surface area (Å²) in [5, 5.41) is 6.06. The van der Waals surface area contributed by atoms with Crippen LogP contribution in [0.2, 0.25) is 0 Å². The number of halogens is 1. The van der Waals surface area contributed by atoms with Crippen molar-refractivity contribution in [3.8, 4) is 16.3 Å². The van der Waals surface area contributed by atoms with Gasteiger partial charge in [0.15, 0.2) is 11.6 Å². The van der Waals surface area contributed by atoms with Crippen molar-refractivity contribution >= 4 is 28.6 Å². The van der Waals surface area contributed by atoms with Crippen molar-refractivity contribution in [3.05, 3.63) is 56.5 Å². The van der Waals surface area contributed by atoms with Crippen molar-refractivity contribution < 1.29 is 13.9 Å². The summed E-state index contributed by atoms with van der Waals surface area (Å²) in [5.41, 5.74) is 2.78. The highest BCUT2D eigenvalue weighted by atomic mass is 32.1. The van der Waals surface area contributed by atoms with Crippen LogP contribution in [0.5, 0.6) is 5.75 Å². The van der Waals surface area contributed by atoms with Gasteiger partial charge in [0.1, 0.15) is 0 Å². The van der Waals surface area contributed by atoms with Crippen molar-refractivity contribution in [1.82, 2.24) is 10.3 Å². The number of thiophene rings is 1. The summed E-state index contributed by atoms with van der Waals surface area (Å²) in [4.78, 5) is 19.3. The molecule has 1 aliphatic carbocycles. The Morgan fingerprint density at radius 3 is 3.04 bits per heavy atom. The number of hydrogen-bond acceptors (Lipinski definition) is 5. The molecule has 3 aromatic rings. The average molecular weight is 403 g/mol. The van der Waals surface area contributed by atoms with Gasteiger partial charge in [0.25, 0.3) is 0 Å². The van der Waals surface area contributed by atoms with Crippen LogP contribution in [-0.2, 0) is 17.6 Å². The molecule has 1 aliphatic rings. The van der Waals surface area contributed by atoms with Crippen LogP contribution < -0.4 is 10.1 Å². The number of nitrogens with zero attached hydrogens (tertiary/aromatic N) is 1. The summed E-state index contributed by atoms with van der Waals surface area (Å²) in [6.07, 6.45) is 1.82. The van der Waals surface area contributed by atoms with Crippen molar-refractivity contribution in [2.45, 2.75) is 32.2 Å². The fourth-order valence-corrected chi connectivity index (χ4v) is 5.25. The summed E-state index contributed by atoms with van der Waals surface area (Å²) in [5.74, 6) is -0.186. The van der Waals surface area contributed by atoms with Crippen LogP contribution in [-0.4, -0.2) is 18.0 Å². The van der Waals surface area contributed by atoms with E-state index in [-0.39, 0.29) is 23.5 Å². The molecule has 0 saturated carbocycles. The van der Waals surface area contributed by atoms with Crippen molar-refractivity contribution in [2.24, 2.45) is 0 Å². The van der Waals surface area contributed by atoms with E-state index >= 15 is 0 Å². The van der Waals surface area contributed by atoms with Gasteiger partial charge in [-0.15, -0.1) is 22.7 Å². The van der Waals surface area contributed by atoms with E-state index in [0.29, 0.717) is 6.42 Å². The second kappa shape index (κ2) is 7.40. The van der Waals surface area contributed by atoms with Crippen LogP contribution in [0, 0.1) is 12.7 Å². The first-order chi connectivity index (χ1) is 13.0. The number of nitrogens with one attached hydrogen (secondary N) is 1. The normalized spacial score (nSPS) is 15.6. The lowest BCUT2D eigenvalue weighted by molar-refractivity contribution is -0.121. The molecule has 4 rings (SSSR count). The van der Waals surface area contributed by atoms with Crippen LogP contribution >= 0.6 is 22.7 Å². The Labute approximate surface area is 165 Å². The zero-order chi connectivity index (χ0) is 19.0. The highest BCUT2D eigenvalue weighted by Crippen LogP contribution is 2.36. The van der Waals surface area contributed by atoms with Gasteiger partial charge in [0.05, 0.1) is 35.2 Å². The van der Waals surface area contributed by atoms with Gasteiger partial charge in [-0.3, -0.25) is 4.79 Å². The molecule has 1 unspecified atom stereocenters. The van der Waals surface area contributed by atoms with Crippen LogP contribution in [0.15, 0.2) is 29.6 Å². The van der Waals surface area contributed by atoms with Gasteiger partial charge in [0, 0.05) is 4.88 Å². The predicted molar refractivity (Wildman–Crippen MR) is 106 cm³/mol. The Balaban J connectivity index is 1.51. The average Bonchev–Trinajstić information content (AvgIpc) is 3.35. The summed E-state index contributed by atoms with van der Waals surface area (Å²) >= 11 is 3.18. The fraction of sp³-hybridized carbons (Fsp3) is 0.300. The van der Waals surface area contributed by atoms with Crippen molar-refractivity contribution in [1.29, 1.82) is 0 Å². The van der Waals surface area contributed by atoms with E-state index in [9.17, 15) is 9.18 Å². The maximum absolute atomic E-state index is 13.9. The third-order valence-corrected chi connectivity index (χ3v) is 6.55. The highest BCUT2D eigenvalue weighted by Gasteiger charge is 2.27. The molecular weight excluding hydrogens is 383 g/mol. The zero-order valence-corrected chi connectivity index (χ0v) is 16.7. The molecule has 0 fully saturated rings. The number of carbonyl (C=O) groups excluding carboxylic acids is 1. The van der Waals surface area contributed by atoms with Crippen LogP contribution in [0.1, 0.15) is 33.5 Å². The summed E-state index contributed by atoms with van der Waals surface area (Å²) < 4.78 is 19.0. The van der Waals surface area contributed by atoms with E-state index in [0.717, 1.165) is 44.4 Å². The molecular formula is C20H19FN2O2S2. The maximum atomic E-state index is 13.9. The van der Waals surface area contributed by atoms with Gasteiger partial charge in [-0.25, -0.2) is 9.37 Å². The molecule has 2 heterocycles. The van der Waals surface area contributed by atoms with Crippen LogP contribution in [0.4, 0.5) is 4.39 Å². The number of aromatic nitrogens is 1. The Kier molecular flexibility index (Phi) is 4.97. The summed E-state index contributed by atoms with van der Waals surface area (Å²) in [6.45, 7) is 1.96. The molecule has 27 heavy (non-hydrogen) atoms. The molecule has 1 atom stereocenters. The number of ether oxygens (including phenoxy) is 1. The Bertz CT molecular complexity index is 982. The van der Waals surface area contributed by atoms with E-state index in [1.165, 1.54) is 13.2 Å². The molecule has 0 saturated heterocycles. The molecule has 0 bridgehead atoms. The molecule has 4 nitrogen and oxygen atoms in total. The smallest absolute Gasteiger partial charge is 0.225 e. The summed E-state index contributed by atoms with van der Waals surface area (Å²) in [6, 6.07) is 7.12. The van der Waals surface area contributed by atoms with E-state index in [1.807, 2.05) is 24.4 Å². The number of fused-ring (bicyclic) bond motifs is 1. The molecule has 1 N–H and O–H groups in total. The zero-order valence-electron chi connectivity index (χ0n) is 15.0. The third-order valence-electron chi connectivity index (χ3n) is 4.71. The van der Waals surface area contributed by atoms with Gasteiger partial charge < -0.3 is 10.1 Å². The second-order valence-corrected chi connectivity index (χ2v) is 8.74. The predicted octanol–water partition coefficient (Wildman–Crippen LogP) is 4.67. The van der Waals surface area contributed by atoms with E-state index in [4.69, 9.17) is 4.74 Å². The van der Waals surface area contributed by atoms with E-state index in [2.05, 4.69) is 10.3 Å². The van der Waals surface area contributed by atoms with Gasteiger partial charge in [0.2, 0.25) is 5.91 Å². The Morgan fingerprint density at radius 1 is 1.44 bits per heavy atom. The topological polar surface area (TPSA) is 51.2 Å². The Morgan fingerprint density at radius 2 is 2.30 bits per heavy atom. The fourth-order valence-electron chi connectivity index (χ4n) is 3.50. The standard InChI is InChI=1S/C20H19FN2O2S2/c1-11-22-20(17-4-3-7-26-17)18(27-11)10-19(24)23-15-6-5-12-8-14(21)16(25-2)9-13(12)15/h3-4,7-9,15H,5-6,10H2,1-2H3,(H,23,24). The van der Waals surface area contributed by atoms with Crippen LogP contribution in [0.3, 0.4) is 0 Å². The second-order valence-electron chi connectivity index (χ2n) is 6.50. The van der Waals surface area contributed by atoms with Gasteiger partial charge in [-0.1, -0.05) is 6.07 Å². The van der Waals surface area contributed by atoms with E-state index in [1.54, 1.807) is 28.7 Å². The van der Waals surface area contributed by atoms with Gasteiger partial charge >= 0.3 is 0 Å². The minimum Gasteiger partial charge on any atom is -0.494 e. The number of hydrogen-bond donors (Lipinski definition) is 1. The molecule has 0 radical (unpaired) electrons. The van der Waals surface area contributed by atoms with Gasteiger partial charge in [-0.05, 0) is 54.5 Å². The third kappa shape index (κ3) is 3.61. The molecule has 7 heteroatoms. The largest absolute Gasteiger partial charge is 0.494 e. The quantitative estimate of drug-likeness (QED) is 0.674. The highest BCUT2D eigenvalue weighted by molar-refractivity contribution is 7.15. The van der Waals surface area contributed by atoms with E-state index < -0.39 is 0 Å². The molecule has 0 spiro atoms. The molecule has 1 aromatic carbocycles. The Hall–Kier alpha value is -2.25. The lowest BCUT2D eigenvalue weighted by Crippen LogP contribution is -2.28. The first kappa shape index (κ1) is 18.1. The van der Waals surface area contributed by atoms with Crippen molar-refractivity contribution in [3.63, 3.8) is 0 Å². The maximum Gasteiger partial charge on any atom is 0.225 e. The lowest BCUT2D eigenvalue weighted by Gasteiger charge is -2.15. The minimum absolute atomic E-state index is 0.0439. The summed E-state index contributed by atoms with van der Waals surface area (Å²) in [7, 11) is 1.45. The molecule has 140 valence electrons. The lowest BCUT2D eigenvalue weighted by atomic mass is 10.1. The number of benzene rings is 1. The molecule has 2 aromatic heterocycles. The number of amides is 1. The van der Waals surface area contributed by atoms with Gasteiger partial charge in [-0.2, -0.15) is 0 Å². The SMILES string of the molecule is COc1cc2c(cc1F)CCC2NC(=O)Cc1sc(C)nc1-c1cccs1. The molecule has 0 aliphatic heterocycles. The number of methoxy groups -OCH3 is 1. The number of rotatable bonds is 5. The number of carbonyl (C=O) groups is 1. The first-order valence-corrected chi connectivity index (χ1v) is 10.4. The monoisotopic (exact) mass is 402 g/mol.